The Morgan fingerprint density at radius 1 is 0.898 bits per heavy atom. The second-order valence-corrected chi connectivity index (χ2v) is 12.4. The largest absolute Gasteiger partial charge is 0.383 e. The Labute approximate surface area is 284 Å². The molecule has 3 amide bonds. The molecule has 16 heteroatoms. The van der Waals surface area contributed by atoms with Crippen molar-refractivity contribution in [3.8, 4) is 11.3 Å². The number of unbranched alkanes of at least 4 members (excludes halogenated alkanes) is 1. The predicted molar refractivity (Wildman–Crippen MR) is 184 cm³/mol. The standard InChI is InChI=1S/C33H46N12O4/c34-31-29-30(25-21-24-5-8-37-32(24)38-22-25)41-45(33(29)40-23-39-31)11-2-1-7-36-26(46)3-4-27(47)44-16-14-42(15-17-44)18-20-49-19-6-28(48)43-12-9-35-10-13-43/h5,8,21-23,35H,1-4,6-7,9-20H2,(H,36,46)(H,37,38)(H2,34,39,40). The molecular weight excluding hydrogens is 628 g/mol. The molecule has 0 unspecified atom stereocenters. The number of anilines is 1. The second-order valence-electron chi connectivity index (χ2n) is 12.4. The van der Waals surface area contributed by atoms with Crippen molar-refractivity contribution in [3.05, 3.63) is 30.9 Å². The van der Waals surface area contributed by atoms with E-state index in [9.17, 15) is 14.4 Å². The van der Waals surface area contributed by atoms with Crippen LogP contribution in [0.15, 0.2) is 30.9 Å². The summed E-state index contributed by atoms with van der Waals surface area (Å²) in [4.78, 5) is 59.6. The topological polar surface area (TPSA) is 193 Å². The van der Waals surface area contributed by atoms with Gasteiger partial charge in [0.1, 0.15) is 23.5 Å². The molecule has 2 aliphatic heterocycles. The van der Waals surface area contributed by atoms with E-state index in [4.69, 9.17) is 15.6 Å². The van der Waals surface area contributed by atoms with E-state index in [-0.39, 0.29) is 30.6 Å². The van der Waals surface area contributed by atoms with Gasteiger partial charge in [0.2, 0.25) is 17.7 Å². The summed E-state index contributed by atoms with van der Waals surface area (Å²) in [6.45, 7) is 8.91. The zero-order chi connectivity index (χ0) is 34.0. The Hall–Kier alpha value is -4.67. The lowest BCUT2D eigenvalue weighted by atomic mass is 10.1. The number of nitrogen functional groups attached to an aromatic ring is 1. The van der Waals surface area contributed by atoms with Crippen molar-refractivity contribution < 1.29 is 19.1 Å². The lowest BCUT2D eigenvalue weighted by Gasteiger charge is -2.34. The van der Waals surface area contributed by atoms with Crippen molar-refractivity contribution in [1.29, 1.82) is 0 Å². The number of hydrogen-bond donors (Lipinski definition) is 4. The minimum Gasteiger partial charge on any atom is -0.383 e. The van der Waals surface area contributed by atoms with E-state index in [1.54, 1.807) is 6.20 Å². The van der Waals surface area contributed by atoms with Gasteiger partial charge < -0.3 is 35.9 Å². The van der Waals surface area contributed by atoms with Gasteiger partial charge >= 0.3 is 0 Å². The first-order valence-corrected chi connectivity index (χ1v) is 17.2. The van der Waals surface area contributed by atoms with Gasteiger partial charge in [-0.2, -0.15) is 5.10 Å². The van der Waals surface area contributed by atoms with Gasteiger partial charge in [0, 0.05) is 108 Å². The van der Waals surface area contributed by atoms with Crippen LogP contribution in [0.3, 0.4) is 0 Å². The number of rotatable bonds is 15. The SMILES string of the molecule is Nc1ncnc2c1c(-c1cnc3[nH]ccc3c1)nn2CCCCNC(=O)CCC(=O)N1CCN(CCOCCC(=O)N2CCNCC2)CC1. The Balaban J connectivity index is 0.847. The number of nitrogens with zero attached hydrogens (tertiary/aromatic N) is 8. The smallest absolute Gasteiger partial charge is 0.224 e. The van der Waals surface area contributed by atoms with E-state index in [1.165, 1.54) is 6.33 Å². The molecule has 0 aromatic carbocycles. The Kier molecular flexibility index (Phi) is 11.6. The van der Waals surface area contributed by atoms with Gasteiger partial charge in [0.15, 0.2) is 5.65 Å². The first-order valence-electron chi connectivity index (χ1n) is 17.2. The maximum atomic E-state index is 12.8. The van der Waals surface area contributed by atoms with Crippen LogP contribution in [0.2, 0.25) is 0 Å². The lowest BCUT2D eigenvalue weighted by molar-refractivity contribution is -0.135. The molecule has 5 N–H and O–H groups in total. The van der Waals surface area contributed by atoms with Gasteiger partial charge in [0.05, 0.1) is 25.0 Å². The number of fused-ring (bicyclic) bond motifs is 2. The Morgan fingerprint density at radius 2 is 1.69 bits per heavy atom. The third-order valence-electron chi connectivity index (χ3n) is 9.12. The van der Waals surface area contributed by atoms with Crippen LogP contribution >= 0.6 is 0 Å². The summed E-state index contributed by atoms with van der Waals surface area (Å²) in [5.74, 6) is 0.394. The van der Waals surface area contributed by atoms with Gasteiger partial charge in [-0.1, -0.05) is 0 Å². The summed E-state index contributed by atoms with van der Waals surface area (Å²) in [5, 5.41) is 12.7. The molecule has 2 aliphatic rings. The van der Waals surface area contributed by atoms with Crippen molar-refractivity contribution in [3.63, 3.8) is 0 Å². The Bertz CT molecular complexity index is 1730. The fourth-order valence-corrected chi connectivity index (χ4v) is 6.29. The number of carbonyl (C=O) groups is 3. The molecule has 6 rings (SSSR count). The minimum absolute atomic E-state index is 0.00552. The van der Waals surface area contributed by atoms with Crippen molar-refractivity contribution in [2.45, 2.75) is 38.6 Å². The molecule has 262 valence electrons. The highest BCUT2D eigenvalue weighted by atomic mass is 16.5. The molecule has 0 aliphatic carbocycles. The van der Waals surface area contributed by atoms with Gasteiger partial charge in [-0.15, -0.1) is 0 Å². The van der Waals surface area contributed by atoms with E-state index in [0.29, 0.717) is 68.4 Å². The van der Waals surface area contributed by atoms with Crippen LogP contribution < -0.4 is 16.4 Å². The summed E-state index contributed by atoms with van der Waals surface area (Å²) < 4.78 is 7.54. The number of H-pyrrole nitrogens is 1. The lowest BCUT2D eigenvalue weighted by Crippen LogP contribution is -2.49. The average molecular weight is 675 g/mol. The van der Waals surface area contributed by atoms with Crippen LogP contribution in [0.25, 0.3) is 33.3 Å². The van der Waals surface area contributed by atoms with Crippen LogP contribution in [0.5, 0.6) is 0 Å². The van der Waals surface area contributed by atoms with Crippen LogP contribution in [0, 0.1) is 0 Å². The number of aromatic nitrogens is 6. The molecule has 16 nitrogen and oxygen atoms in total. The zero-order valence-electron chi connectivity index (χ0n) is 27.9. The summed E-state index contributed by atoms with van der Waals surface area (Å²) >= 11 is 0. The summed E-state index contributed by atoms with van der Waals surface area (Å²) in [6, 6.07) is 3.97. The van der Waals surface area contributed by atoms with Crippen LogP contribution in [-0.4, -0.2) is 141 Å². The maximum absolute atomic E-state index is 12.8. The van der Waals surface area contributed by atoms with E-state index in [0.717, 1.165) is 75.3 Å². The number of ether oxygens (including phenoxy) is 1. The number of pyridine rings is 1. The number of amides is 3. The maximum Gasteiger partial charge on any atom is 0.224 e. The summed E-state index contributed by atoms with van der Waals surface area (Å²) in [7, 11) is 0. The Morgan fingerprint density at radius 3 is 2.53 bits per heavy atom. The number of aromatic amines is 1. The average Bonchev–Trinajstić information content (AvgIpc) is 3.76. The molecule has 0 saturated carbocycles. The highest BCUT2D eigenvalue weighted by molar-refractivity contribution is 5.99. The van der Waals surface area contributed by atoms with Gasteiger partial charge in [-0.25, -0.2) is 19.6 Å². The zero-order valence-corrected chi connectivity index (χ0v) is 27.9. The quantitative estimate of drug-likeness (QED) is 0.129. The molecule has 49 heavy (non-hydrogen) atoms. The number of carbonyl (C=O) groups excluding carboxylic acids is 3. The predicted octanol–water partition coefficient (Wildman–Crippen LogP) is 0.611. The third-order valence-corrected chi connectivity index (χ3v) is 9.12. The number of aryl methyl sites for hydroxylation is 1. The number of nitrogens with two attached hydrogens (primary N) is 1. The van der Waals surface area contributed by atoms with Crippen LogP contribution in [0.4, 0.5) is 5.82 Å². The second kappa shape index (κ2) is 16.6. The third kappa shape index (κ3) is 8.87. The van der Waals surface area contributed by atoms with Crippen molar-refractivity contribution >= 4 is 45.6 Å². The van der Waals surface area contributed by atoms with Crippen molar-refractivity contribution in [2.24, 2.45) is 0 Å². The van der Waals surface area contributed by atoms with E-state index >= 15 is 0 Å². The van der Waals surface area contributed by atoms with Crippen LogP contribution in [-0.2, 0) is 25.7 Å². The molecule has 6 heterocycles. The first-order chi connectivity index (χ1) is 24.0. The molecule has 0 bridgehead atoms. The van der Waals surface area contributed by atoms with E-state index < -0.39 is 0 Å². The first kappa shape index (κ1) is 34.2. The monoisotopic (exact) mass is 674 g/mol. The highest BCUT2D eigenvalue weighted by Gasteiger charge is 2.22. The molecule has 2 fully saturated rings. The van der Waals surface area contributed by atoms with Gasteiger partial charge in [-0.3, -0.25) is 19.3 Å². The van der Waals surface area contributed by atoms with Gasteiger partial charge in [0.25, 0.3) is 0 Å². The number of hydrogen-bond acceptors (Lipinski definition) is 11. The number of piperazine rings is 2. The number of nitrogens with one attached hydrogen (secondary N) is 3. The molecular formula is C33H46N12O4. The van der Waals surface area contributed by atoms with Crippen molar-refractivity contribution in [2.75, 3.05) is 84.4 Å². The van der Waals surface area contributed by atoms with Gasteiger partial charge in [-0.05, 0) is 25.0 Å². The molecule has 4 aromatic heterocycles. The van der Waals surface area contributed by atoms with E-state index in [2.05, 4.69) is 35.5 Å². The minimum atomic E-state index is -0.125. The van der Waals surface area contributed by atoms with Crippen molar-refractivity contribution in [1.82, 2.24) is 55.0 Å². The summed E-state index contributed by atoms with van der Waals surface area (Å²) in [6.07, 6.45) is 7.33. The van der Waals surface area contributed by atoms with Crippen LogP contribution in [0.1, 0.15) is 32.1 Å². The molecule has 0 spiro atoms. The molecule has 4 aromatic rings. The fraction of sp³-hybridized carbons (Fsp3) is 0.545. The molecule has 0 atom stereocenters. The molecule has 0 radical (unpaired) electrons. The summed E-state index contributed by atoms with van der Waals surface area (Å²) in [5.41, 5.74) is 9.21. The fourth-order valence-electron chi connectivity index (χ4n) is 6.29. The highest BCUT2D eigenvalue weighted by Crippen LogP contribution is 2.31. The molecule has 2 saturated heterocycles. The van der Waals surface area contributed by atoms with E-state index in [1.807, 2.05) is 32.8 Å². The normalized spacial score (nSPS) is 15.7.